The second-order valence-corrected chi connectivity index (χ2v) is 7.36. The van der Waals surface area contributed by atoms with Crippen LogP contribution in [-0.2, 0) is 17.3 Å². The Morgan fingerprint density at radius 3 is 2.54 bits per heavy atom. The standard InChI is InChI=1S/C19H27F3N2O2/c20-19(21,22)16-3-1-14(2-4-16)11-15(13-25)12-24-17-5-10-26-18(17)6-8-23-9-7-18/h1-4,15,17,23-25H,5-13H2. The summed E-state index contributed by atoms with van der Waals surface area (Å²) in [5.41, 5.74) is 0.0496. The van der Waals surface area contributed by atoms with Crippen LogP contribution in [0.15, 0.2) is 24.3 Å². The van der Waals surface area contributed by atoms with Crippen molar-refractivity contribution in [2.75, 3.05) is 32.8 Å². The molecule has 0 radical (unpaired) electrons. The number of piperidine rings is 1. The minimum atomic E-state index is -4.32. The van der Waals surface area contributed by atoms with E-state index in [2.05, 4.69) is 10.6 Å². The topological polar surface area (TPSA) is 53.5 Å². The van der Waals surface area contributed by atoms with Crippen LogP contribution in [0.2, 0.25) is 0 Å². The molecule has 2 fully saturated rings. The van der Waals surface area contributed by atoms with E-state index < -0.39 is 11.7 Å². The molecular weight excluding hydrogens is 345 g/mol. The zero-order valence-corrected chi connectivity index (χ0v) is 14.8. The molecule has 1 spiro atoms. The van der Waals surface area contributed by atoms with Gasteiger partial charge in [0.05, 0.1) is 11.2 Å². The fourth-order valence-corrected chi connectivity index (χ4v) is 4.05. The minimum absolute atomic E-state index is 0.00381. The zero-order valence-electron chi connectivity index (χ0n) is 14.8. The lowest BCUT2D eigenvalue weighted by molar-refractivity contribution is -0.137. The Hall–Kier alpha value is -1.15. The molecule has 2 aliphatic rings. The summed E-state index contributed by atoms with van der Waals surface area (Å²) < 4.78 is 44.0. The van der Waals surface area contributed by atoms with Crippen LogP contribution in [0, 0.1) is 5.92 Å². The fraction of sp³-hybridized carbons (Fsp3) is 0.684. The highest BCUT2D eigenvalue weighted by Gasteiger charge is 2.44. The number of halogens is 3. The Morgan fingerprint density at radius 2 is 1.92 bits per heavy atom. The fourth-order valence-electron chi connectivity index (χ4n) is 4.05. The van der Waals surface area contributed by atoms with E-state index in [0.717, 1.165) is 56.7 Å². The predicted molar refractivity (Wildman–Crippen MR) is 92.9 cm³/mol. The summed E-state index contributed by atoms with van der Waals surface area (Å²) in [6.45, 7) is 3.28. The van der Waals surface area contributed by atoms with Crippen molar-refractivity contribution in [1.29, 1.82) is 0 Å². The molecule has 3 rings (SSSR count). The Bertz CT molecular complexity index is 571. The van der Waals surface area contributed by atoms with E-state index in [0.29, 0.717) is 13.0 Å². The number of aliphatic hydroxyl groups excluding tert-OH is 1. The summed E-state index contributed by atoms with van der Waals surface area (Å²) in [5, 5.41) is 16.6. The quantitative estimate of drug-likeness (QED) is 0.718. The van der Waals surface area contributed by atoms with Crippen molar-refractivity contribution >= 4 is 0 Å². The Balaban J connectivity index is 1.54. The van der Waals surface area contributed by atoms with E-state index in [4.69, 9.17) is 4.74 Å². The Morgan fingerprint density at radius 1 is 1.23 bits per heavy atom. The van der Waals surface area contributed by atoms with Gasteiger partial charge in [-0.1, -0.05) is 12.1 Å². The van der Waals surface area contributed by atoms with Gasteiger partial charge in [0.15, 0.2) is 0 Å². The first-order valence-electron chi connectivity index (χ1n) is 9.28. The number of hydrogen-bond donors (Lipinski definition) is 3. The molecule has 7 heteroatoms. The maximum absolute atomic E-state index is 12.6. The van der Waals surface area contributed by atoms with Gasteiger partial charge in [0.25, 0.3) is 0 Å². The SMILES string of the molecule is OCC(CNC1CCOC12CCNCC2)Cc1ccc(C(F)(F)F)cc1. The van der Waals surface area contributed by atoms with E-state index in [1.165, 1.54) is 12.1 Å². The number of aliphatic hydroxyl groups is 1. The third kappa shape index (κ3) is 4.57. The molecule has 2 aliphatic heterocycles. The molecule has 0 bridgehead atoms. The van der Waals surface area contributed by atoms with Crippen LogP contribution in [0.5, 0.6) is 0 Å². The van der Waals surface area contributed by atoms with Crippen molar-refractivity contribution in [3.8, 4) is 0 Å². The maximum Gasteiger partial charge on any atom is 0.416 e. The van der Waals surface area contributed by atoms with E-state index in [-0.39, 0.29) is 24.2 Å². The number of nitrogens with one attached hydrogen (secondary N) is 2. The van der Waals surface area contributed by atoms with Crippen molar-refractivity contribution in [1.82, 2.24) is 10.6 Å². The molecule has 3 N–H and O–H groups in total. The lowest BCUT2D eigenvalue weighted by Crippen LogP contribution is -2.54. The van der Waals surface area contributed by atoms with Crippen molar-refractivity contribution in [3.63, 3.8) is 0 Å². The monoisotopic (exact) mass is 372 g/mol. The second kappa shape index (κ2) is 8.25. The van der Waals surface area contributed by atoms with Crippen LogP contribution in [0.1, 0.15) is 30.4 Å². The molecule has 1 aromatic carbocycles. The van der Waals surface area contributed by atoms with Gasteiger partial charge < -0.3 is 20.5 Å². The van der Waals surface area contributed by atoms with Crippen LogP contribution in [-0.4, -0.2) is 49.6 Å². The van der Waals surface area contributed by atoms with Gasteiger partial charge in [-0.2, -0.15) is 13.2 Å². The molecule has 0 aromatic heterocycles. The number of alkyl halides is 3. The van der Waals surface area contributed by atoms with Crippen LogP contribution < -0.4 is 10.6 Å². The van der Waals surface area contributed by atoms with Gasteiger partial charge in [-0.25, -0.2) is 0 Å². The lowest BCUT2D eigenvalue weighted by Gasteiger charge is -2.39. The molecular formula is C19H27F3N2O2. The molecule has 0 aliphatic carbocycles. The molecule has 2 saturated heterocycles. The average molecular weight is 372 g/mol. The lowest BCUT2D eigenvalue weighted by atomic mass is 9.85. The first kappa shape index (κ1) is 19.6. The average Bonchev–Trinajstić information content (AvgIpc) is 3.00. The summed E-state index contributed by atoms with van der Waals surface area (Å²) in [6, 6.07) is 5.47. The number of rotatable bonds is 6. The van der Waals surface area contributed by atoms with Gasteiger partial charge in [0, 0.05) is 25.8 Å². The molecule has 26 heavy (non-hydrogen) atoms. The first-order valence-corrected chi connectivity index (χ1v) is 9.28. The van der Waals surface area contributed by atoms with Gasteiger partial charge in [-0.3, -0.25) is 0 Å². The summed E-state index contributed by atoms with van der Waals surface area (Å²) in [5.74, 6) is -0.0360. The molecule has 0 amide bonds. The second-order valence-electron chi connectivity index (χ2n) is 7.36. The third-order valence-corrected chi connectivity index (χ3v) is 5.60. The molecule has 4 nitrogen and oxygen atoms in total. The molecule has 0 saturated carbocycles. The minimum Gasteiger partial charge on any atom is -0.396 e. The zero-order chi connectivity index (χ0) is 18.6. The van der Waals surface area contributed by atoms with Crippen molar-refractivity contribution in [2.24, 2.45) is 5.92 Å². The van der Waals surface area contributed by atoms with E-state index in [1.807, 2.05) is 0 Å². The smallest absolute Gasteiger partial charge is 0.396 e. The molecule has 2 heterocycles. The summed E-state index contributed by atoms with van der Waals surface area (Å²) in [4.78, 5) is 0. The number of benzene rings is 1. The molecule has 1 aromatic rings. The predicted octanol–water partition coefficient (Wildman–Crippen LogP) is 2.36. The normalized spacial score (nSPS) is 24.1. The van der Waals surface area contributed by atoms with Crippen LogP contribution in [0.25, 0.3) is 0 Å². The Kier molecular flexibility index (Phi) is 6.22. The van der Waals surface area contributed by atoms with Gasteiger partial charge in [-0.05, 0) is 62.4 Å². The van der Waals surface area contributed by atoms with Crippen molar-refractivity contribution in [2.45, 2.75) is 43.5 Å². The van der Waals surface area contributed by atoms with Gasteiger partial charge in [-0.15, -0.1) is 0 Å². The van der Waals surface area contributed by atoms with Gasteiger partial charge in [0.2, 0.25) is 0 Å². The Labute approximate surface area is 152 Å². The number of ether oxygens (including phenoxy) is 1. The van der Waals surface area contributed by atoms with Crippen LogP contribution in [0.3, 0.4) is 0 Å². The van der Waals surface area contributed by atoms with Gasteiger partial charge >= 0.3 is 6.18 Å². The highest BCUT2D eigenvalue weighted by molar-refractivity contribution is 5.25. The highest BCUT2D eigenvalue weighted by atomic mass is 19.4. The van der Waals surface area contributed by atoms with Crippen LogP contribution in [0.4, 0.5) is 13.2 Å². The highest BCUT2D eigenvalue weighted by Crippen LogP contribution is 2.34. The first-order chi connectivity index (χ1) is 12.4. The summed E-state index contributed by atoms with van der Waals surface area (Å²) in [7, 11) is 0. The summed E-state index contributed by atoms with van der Waals surface area (Å²) in [6.07, 6.45) is -0.856. The largest absolute Gasteiger partial charge is 0.416 e. The van der Waals surface area contributed by atoms with Crippen LogP contribution >= 0.6 is 0 Å². The van der Waals surface area contributed by atoms with Crippen molar-refractivity contribution in [3.05, 3.63) is 35.4 Å². The number of hydrogen-bond acceptors (Lipinski definition) is 4. The molecule has 2 unspecified atom stereocenters. The van der Waals surface area contributed by atoms with E-state index in [9.17, 15) is 18.3 Å². The molecule has 146 valence electrons. The van der Waals surface area contributed by atoms with E-state index in [1.54, 1.807) is 0 Å². The van der Waals surface area contributed by atoms with Crippen molar-refractivity contribution < 1.29 is 23.0 Å². The summed E-state index contributed by atoms with van der Waals surface area (Å²) >= 11 is 0. The van der Waals surface area contributed by atoms with E-state index >= 15 is 0 Å². The van der Waals surface area contributed by atoms with Gasteiger partial charge in [0.1, 0.15) is 0 Å². The third-order valence-electron chi connectivity index (χ3n) is 5.60. The maximum atomic E-state index is 12.6. The molecule has 2 atom stereocenters.